The zero-order valence-corrected chi connectivity index (χ0v) is 15.3. The summed E-state index contributed by atoms with van der Waals surface area (Å²) in [6, 6.07) is 0. The van der Waals surface area contributed by atoms with Gasteiger partial charge in [0.2, 0.25) is 0 Å². The van der Waals surface area contributed by atoms with Crippen LogP contribution in [0.4, 0.5) is 0 Å². The molecular formula is C15H23N2O7P. The van der Waals surface area contributed by atoms with E-state index in [1.807, 2.05) is 0 Å². The van der Waals surface area contributed by atoms with E-state index in [4.69, 9.17) is 13.8 Å². The highest BCUT2D eigenvalue weighted by Crippen LogP contribution is 2.55. The van der Waals surface area contributed by atoms with Gasteiger partial charge in [-0.3, -0.25) is 18.9 Å². The van der Waals surface area contributed by atoms with E-state index in [-0.39, 0.29) is 25.8 Å². The summed E-state index contributed by atoms with van der Waals surface area (Å²) in [7, 11) is -3.47. The van der Waals surface area contributed by atoms with Crippen molar-refractivity contribution in [1.82, 2.24) is 9.55 Å². The molecule has 1 aromatic heterocycles. The van der Waals surface area contributed by atoms with E-state index in [0.717, 1.165) is 0 Å². The monoisotopic (exact) mass is 374 g/mol. The Bertz CT molecular complexity index is 807. The van der Waals surface area contributed by atoms with Gasteiger partial charge in [0, 0.05) is 23.6 Å². The molecule has 0 amide bonds. The minimum atomic E-state index is -3.47. The summed E-state index contributed by atoms with van der Waals surface area (Å²) in [4.78, 5) is 26.7. The summed E-state index contributed by atoms with van der Waals surface area (Å²) >= 11 is 0. The number of aromatic nitrogens is 2. The molecule has 2 aliphatic heterocycles. The standard InChI is InChI=1S/C15H23N2O7P/c1-4-22-25(21,23-5-2)7-9-12-8(3)14(19)16-15(20)17(12)11-6-10(18)13(9)24-11/h9-11,13,18H,4-7H2,1-3H3,(H,16,19,20)/t9-,10?,11+,13+/m0/s1. The van der Waals surface area contributed by atoms with Crippen LogP contribution < -0.4 is 11.2 Å². The Morgan fingerprint density at radius 1 is 1.32 bits per heavy atom. The van der Waals surface area contributed by atoms with Crippen LogP contribution in [0.25, 0.3) is 0 Å². The van der Waals surface area contributed by atoms with Gasteiger partial charge in [0.05, 0.1) is 31.6 Å². The van der Waals surface area contributed by atoms with Crippen molar-refractivity contribution in [2.24, 2.45) is 0 Å². The number of H-pyrrole nitrogens is 1. The van der Waals surface area contributed by atoms with E-state index in [9.17, 15) is 19.3 Å². The van der Waals surface area contributed by atoms with Gasteiger partial charge in [-0.2, -0.15) is 0 Å². The zero-order chi connectivity index (χ0) is 18.4. The van der Waals surface area contributed by atoms with Gasteiger partial charge in [-0.05, 0) is 20.8 Å². The van der Waals surface area contributed by atoms with Crippen molar-refractivity contribution >= 4 is 7.60 Å². The number of aliphatic hydroxyl groups excluding tert-OH is 1. The number of fused-ring (bicyclic) bond motifs is 4. The van der Waals surface area contributed by atoms with Crippen LogP contribution in [0.2, 0.25) is 0 Å². The number of rotatable bonds is 6. The maximum absolute atomic E-state index is 13.0. The minimum absolute atomic E-state index is 0.0765. The molecule has 2 aliphatic rings. The Kier molecular flexibility index (Phi) is 5.05. The topological polar surface area (TPSA) is 120 Å². The molecule has 140 valence electrons. The lowest BCUT2D eigenvalue weighted by molar-refractivity contribution is -0.0550. The lowest BCUT2D eigenvalue weighted by atomic mass is 9.94. The Morgan fingerprint density at radius 3 is 2.56 bits per heavy atom. The normalized spacial score (nSPS) is 28.2. The van der Waals surface area contributed by atoms with Gasteiger partial charge >= 0.3 is 13.3 Å². The van der Waals surface area contributed by atoms with Crippen molar-refractivity contribution in [3.63, 3.8) is 0 Å². The predicted octanol–water partition coefficient (Wildman–Crippen LogP) is 0.857. The predicted molar refractivity (Wildman–Crippen MR) is 89.1 cm³/mol. The fourth-order valence-corrected chi connectivity index (χ4v) is 5.66. The molecule has 10 heteroatoms. The van der Waals surface area contributed by atoms with Crippen LogP contribution in [0, 0.1) is 6.92 Å². The molecule has 0 aromatic carbocycles. The molecule has 0 radical (unpaired) electrons. The molecule has 2 N–H and O–H groups in total. The minimum Gasteiger partial charge on any atom is -0.390 e. The molecule has 1 fully saturated rings. The van der Waals surface area contributed by atoms with Gasteiger partial charge in [0.1, 0.15) is 6.23 Å². The van der Waals surface area contributed by atoms with Crippen LogP contribution in [0.15, 0.2) is 9.59 Å². The van der Waals surface area contributed by atoms with E-state index in [0.29, 0.717) is 11.3 Å². The van der Waals surface area contributed by atoms with Gasteiger partial charge in [0.25, 0.3) is 5.56 Å². The largest absolute Gasteiger partial charge is 0.390 e. The first-order chi connectivity index (χ1) is 11.8. The number of aromatic amines is 1. The molecular weight excluding hydrogens is 351 g/mol. The third kappa shape index (κ3) is 3.15. The molecule has 1 aromatic rings. The first kappa shape index (κ1) is 18.5. The van der Waals surface area contributed by atoms with Gasteiger partial charge in [0.15, 0.2) is 0 Å². The van der Waals surface area contributed by atoms with E-state index >= 15 is 0 Å². The molecule has 3 heterocycles. The Morgan fingerprint density at radius 2 is 1.96 bits per heavy atom. The molecule has 0 spiro atoms. The van der Waals surface area contributed by atoms with Gasteiger partial charge in [-0.15, -0.1) is 0 Å². The summed E-state index contributed by atoms with van der Waals surface area (Å²) in [6.07, 6.45) is -1.99. The summed E-state index contributed by atoms with van der Waals surface area (Å²) in [5.41, 5.74) is -0.321. The van der Waals surface area contributed by atoms with Crippen LogP contribution in [-0.2, 0) is 18.3 Å². The summed E-state index contributed by atoms with van der Waals surface area (Å²) in [5.74, 6) is -0.646. The second-order valence-corrected chi connectivity index (χ2v) is 8.34. The maximum atomic E-state index is 13.0. The van der Waals surface area contributed by atoms with E-state index < -0.39 is 43.2 Å². The van der Waals surface area contributed by atoms with Crippen LogP contribution in [0.3, 0.4) is 0 Å². The van der Waals surface area contributed by atoms with E-state index in [2.05, 4.69) is 4.98 Å². The highest BCUT2D eigenvalue weighted by Gasteiger charge is 2.50. The summed E-state index contributed by atoms with van der Waals surface area (Å²) in [6.45, 7) is 5.40. The summed E-state index contributed by atoms with van der Waals surface area (Å²) in [5, 5.41) is 10.3. The van der Waals surface area contributed by atoms with Gasteiger partial charge in [-0.1, -0.05) is 0 Å². The first-order valence-electron chi connectivity index (χ1n) is 8.38. The van der Waals surface area contributed by atoms with Crippen molar-refractivity contribution in [2.75, 3.05) is 19.4 Å². The second-order valence-electron chi connectivity index (χ2n) is 6.23. The van der Waals surface area contributed by atoms with E-state index in [1.165, 1.54) is 4.57 Å². The Labute approximate surface area is 144 Å². The molecule has 25 heavy (non-hydrogen) atoms. The first-order valence-corrected chi connectivity index (χ1v) is 10.1. The third-order valence-electron chi connectivity index (χ3n) is 4.67. The van der Waals surface area contributed by atoms with Crippen molar-refractivity contribution in [3.05, 3.63) is 32.1 Å². The number of hydrogen-bond acceptors (Lipinski definition) is 7. The molecule has 0 aliphatic carbocycles. The van der Waals surface area contributed by atoms with E-state index in [1.54, 1.807) is 20.8 Å². The molecule has 1 saturated heterocycles. The quantitative estimate of drug-likeness (QED) is 0.709. The highest BCUT2D eigenvalue weighted by molar-refractivity contribution is 7.53. The molecule has 4 atom stereocenters. The van der Waals surface area contributed by atoms with Crippen LogP contribution in [0.5, 0.6) is 0 Å². The smallest absolute Gasteiger partial charge is 0.331 e. The number of hydrogen-bond donors (Lipinski definition) is 2. The highest BCUT2D eigenvalue weighted by atomic mass is 31.2. The van der Waals surface area contributed by atoms with Gasteiger partial charge in [-0.25, -0.2) is 4.79 Å². The fraction of sp³-hybridized carbons (Fsp3) is 0.733. The molecule has 9 nitrogen and oxygen atoms in total. The molecule has 2 bridgehead atoms. The lowest BCUT2D eigenvalue weighted by Crippen LogP contribution is -2.44. The number of ether oxygens (including phenoxy) is 1. The third-order valence-corrected chi connectivity index (χ3v) is 6.81. The average Bonchev–Trinajstić information content (AvgIpc) is 2.85. The molecule has 1 unspecified atom stereocenters. The molecule has 0 saturated carbocycles. The summed E-state index contributed by atoms with van der Waals surface area (Å²) < 4.78 is 30.8. The Hall–Kier alpha value is -1.25. The maximum Gasteiger partial charge on any atom is 0.331 e. The van der Waals surface area contributed by atoms with Crippen LogP contribution in [0.1, 0.15) is 43.7 Å². The van der Waals surface area contributed by atoms with Crippen LogP contribution >= 0.6 is 7.60 Å². The number of nitrogens with one attached hydrogen (secondary N) is 1. The SMILES string of the molecule is CCOP(=O)(C[C@H]1c2c(C)c(=O)[nH]c(=O)n2[C@H]2CC(O)[C@@H]1O2)OCC. The fourth-order valence-electron chi connectivity index (χ4n) is 3.72. The van der Waals surface area contributed by atoms with Crippen molar-refractivity contribution in [1.29, 1.82) is 0 Å². The zero-order valence-electron chi connectivity index (χ0n) is 14.4. The average molecular weight is 374 g/mol. The number of aliphatic hydroxyl groups is 1. The second kappa shape index (κ2) is 6.81. The lowest BCUT2D eigenvalue weighted by Gasteiger charge is -2.35. The van der Waals surface area contributed by atoms with Gasteiger partial charge < -0.3 is 18.9 Å². The van der Waals surface area contributed by atoms with Crippen molar-refractivity contribution < 1.29 is 23.5 Å². The molecule has 3 rings (SSSR count). The van der Waals surface area contributed by atoms with Crippen molar-refractivity contribution in [3.8, 4) is 0 Å². The number of nitrogens with zero attached hydrogens (tertiary/aromatic N) is 1. The Balaban J connectivity index is 2.13. The van der Waals surface area contributed by atoms with Crippen LogP contribution in [-0.4, -0.2) is 46.2 Å². The van der Waals surface area contributed by atoms with Crippen molar-refractivity contribution in [2.45, 2.75) is 51.5 Å².